The smallest absolute Gasteiger partial charge is 0.125 e. The van der Waals surface area contributed by atoms with Crippen molar-refractivity contribution >= 4 is 5.82 Å². The Hall–Kier alpha value is -1.88. The molecular weight excluding hydrogens is 274 g/mol. The maximum Gasteiger partial charge on any atom is 0.125 e. The molecule has 1 saturated heterocycles. The number of hydrogen-bond donors (Lipinski definition) is 1. The Bertz CT molecular complexity index is 607. The van der Waals surface area contributed by atoms with E-state index in [1.165, 1.54) is 24.2 Å². The zero-order chi connectivity index (χ0) is 15.4. The second-order valence-electron chi connectivity index (χ2n) is 5.89. The lowest BCUT2D eigenvalue weighted by Gasteiger charge is -2.25. The zero-order valence-electron chi connectivity index (χ0n) is 13.5. The van der Waals surface area contributed by atoms with E-state index in [-0.39, 0.29) is 0 Å². The van der Waals surface area contributed by atoms with Crippen molar-refractivity contribution < 1.29 is 0 Å². The van der Waals surface area contributed by atoms with Crippen molar-refractivity contribution in [2.75, 3.05) is 18.9 Å². The number of hydrogen-bond acceptors (Lipinski definition) is 4. The summed E-state index contributed by atoms with van der Waals surface area (Å²) in [5.41, 5.74) is 1.35. The normalized spacial score (nSPS) is 18.7. The van der Waals surface area contributed by atoms with Crippen LogP contribution in [0, 0.1) is 0 Å². The molecule has 3 rings (SSSR count). The molecule has 0 unspecified atom stereocenters. The van der Waals surface area contributed by atoms with Gasteiger partial charge in [0.1, 0.15) is 11.6 Å². The van der Waals surface area contributed by atoms with Gasteiger partial charge in [-0.05, 0) is 43.5 Å². The number of nitrogens with zero attached hydrogens (tertiary/aromatic N) is 4. The minimum atomic E-state index is 0.474. The number of aryl methyl sites for hydroxylation is 1. The van der Waals surface area contributed by atoms with Gasteiger partial charge in [0.25, 0.3) is 0 Å². The summed E-state index contributed by atoms with van der Waals surface area (Å²) in [4.78, 5) is 11.4. The first-order valence-electron chi connectivity index (χ1n) is 8.19. The molecule has 5 nitrogen and oxygen atoms in total. The van der Waals surface area contributed by atoms with Gasteiger partial charge in [0.15, 0.2) is 0 Å². The SMILES string of the molecule is CCCn1ccnc1CN1CCC[C@@H]1c1ccnc(NC)c1. The monoisotopic (exact) mass is 299 g/mol. The number of pyridine rings is 1. The van der Waals surface area contributed by atoms with Crippen LogP contribution in [0.25, 0.3) is 0 Å². The number of aromatic nitrogens is 3. The first kappa shape index (κ1) is 15.0. The molecular formula is C17H25N5. The molecule has 1 fully saturated rings. The van der Waals surface area contributed by atoms with Gasteiger partial charge in [0.2, 0.25) is 0 Å². The van der Waals surface area contributed by atoms with Crippen molar-refractivity contribution in [2.24, 2.45) is 0 Å². The molecule has 3 heterocycles. The second-order valence-corrected chi connectivity index (χ2v) is 5.89. The zero-order valence-corrected chi connectivity index (χ0v) is 13.5. The molecule has 5 heteroatoms. The van der Waals surface area contributed by atoms with Gasteiger partial charge in [0.05, 0.1) is 6.54 Å². The van der Waals surface area contributed by atoms with E-state index in [1.54, 1.807) is 0 Å². The van der Waals surface area contributed by atoms with Crippen LogP contribution in [-0.2, 0) is 13.1 Å². The van der Waals surface area contributed by atoms with Crippen LogP contribution >= 0.6 is 0 Å². The van der Waals surface area contributed by atoms with Gasteiger partial charge in [-0.25, -0.2) is 9.97 Å². The highest BCUT2D eigenvalue weighted by atomic mass is 15.2. The summed E-state index contributed by atoms with van der Waals surface area (Å²) in [6.45, 7) is 5.32. The quantitative estimate of drug-likeness (QED) is 0.890. The van der Waals surface area contributed by atoms with E-state index < -0.39 is 0 Å². The van der Waals surface area contributed by atoms with E-state index in [0.29, 0.717) is 6.04 Å². The predicted octanol–water partition coefficient (Wildman–Crippen LogP) is 3.07. The molecule has 22 heavy (non-hydrogen) atoms. The minimum absolute atomic E-state index is 0.474. The van der Waals surface area contributed by atoms with Gasteiger partial charge in [-0.3, -0.25) is 4.90 Å². The van der Waals surface area contributed by atoms with Crippen LogP contribution < -0.4 is 5.32 Å². The largest absolute Gasteiger partial charge is 0.373 e. The average Bonchev–Trinajstić information content (AvgIpc) is 3.18. The number of likely N-dealkylation sites (tertiary alicyclic amines) is 1. The standard InChI is InChI=1S/C17H25N5/c1-3-9-21-11-8-20-17(21)13-22-10-4-5-15(22)14-6-7-19-16(12-14)18-2/h6-8,11-12,15H,3-5,9-10,13H2,1-2H3,(H,18,19)/t15-/m1/s1. The van der Waals surface area contributed by atoms with Gasteiger partial charge < -0.3 is 9.88 Å². The van der Waals surface area contributed by atoms with Gasteiger partial charge in [-0.2, -0.15) is 0 Å². The fourth-order valence-corrected chi connectivity index (χ4v) is 3.30. The van der Waals surface area contributed by atoms with Gasteiger partial charge >= 0.3 is 0 Å². The van der Waals surface area contributed by atoms with E-state index in [0.717, 1.165) is 31.9 Å². The fourth-order valence-electron chi connectivity index (χ4n) is 3.30. The lowest BCUT2D eigenvalue weighted by molar-refractivity contribution is 0.238. The third-order valence-electron chi connectivity index (χ3n) is 4.40. The lowest BCUT2D eigenvalue weighted by Crippen LogP contribution is -2.25. The van der Waals surface area contributed by atoms with Crippen molar-refractivity contribution in [1.29, 1.82) is 0 Å². The molecule has 0 saturated carbocycles. The number of anilines is 1. The Balaban J connectivity index is 1.76. The highest BCUT2D eigenvalue weighted by molar-refractivity contribution is 5.38. The molecule has 0 aliphatic carbocycles. The van der Waals surface area contributed by atoms with Crippen LogP contribution in [-0.4, -0.2) is 33.0 Å². The summed E-state index contributed by atoms with van der Waals surface area (Å²) in [5.74, 6) is 2.12. The minimum Gasteiger partial charge on any atom is -0.373 e. The third kappa shape index (κ3) is 3.14. The summed E-state index contributed by atoms with van der Waals surface area (Å²) in [7, 11) is 1.92. The average molecular weight is 299 g/mol. The topological polar surface area (TPSA) is 46.0 Å². The van der Waals surface area contributed by atoms with Crippen LogP contribution in [0.2, 0.25) is 0 Å². The van der Waals surface area contributed by atoms with E-state index >= 15 is 0 Å². The van der Waals surface area contributed by atoms with E-state index in [4.69, 9.17) is 0 Å². The first-order chi connectivity index (χ1) is 10.8. The van der Waals surface area contributed by atoms with Crippen LogP contribution in [0.1, 0.15) is 43.6 Å². The summed E-state index contributed by atoms with van der Waals surface area (Å²) in [5, 5.41) is 3.13. The lowest BCUT2D eigenvalue weighted by atomic mass is 10.1. The Morgan fingerprint density at radius 1 is 1.32 bits per heavy atom. The fraction of sp³-hybridized carbons (Fsp3) is 0.529. The third-order valence-corrected chi connectivity index (χ3v) is 4.40. The molecule has 0 amide bonds. The Morgan fingerprint density at radius 2 is 2.23 bits per heavy atom. The van der Waals surface area contributed by atoms with Crippen LogP contribution in [0.5, 0.6) is 0 Å². The van der Waals surface area contributed by atoms with Crippen LogP contribution in [0.4, 0.5) is 5.82 Å². The molecule has 2 aromatic rings. The summed E-state index contributed by atoms with van der Waals surface area (Å²) in [6.07, 6.45) is 9.51. The van der Waals surface area contributed by atoms with Crippen LogP contribution in [0.3, 0.4) is 0 Å². The van der Waals surface area contributed by atoms with Gasteiger partial charge in [-0.15, -0.1) is 0 Å². The van der Waals surface area contributed by atoms with Crippen molar-refractivity contribution in [3.63, 3.8) is 0 Å². The maximum atomic E-state index is 4.56. The summed E-state index contributed by atoms with van der Waals surface area (Å²) < 4.78 is 2.28. The Kier molecular flexibility index (Phi) is 4.73. The maximum absolute atomic E-state index is 4.56. The Morgan fingerprint density at radius 3 is 3.05 bits per heavy atom. The van der Waals surface area contributed by atoms with Crippen molar-refractivity contribution in [3.05, 3.63) is 42.1 Å². The van der Waals surface area contributed by atoms with Crippen molar-refractivity contribution in [3.8, 4) is 0 Å². The molecule has 1 N–H and O–H groups in total. The van der Waals surface area contributed by atoms with Gasteiger partial charge in [-0.1, -0.05) is 6.92 Å². The second kappa shape index (κ2) is 6.92. The van der Waals surface area contributed by atoms with E-state index in [2.05, 4.69) is 50.0 Å². The Labute approximate surface area is 132 Å². The molecule has 1 aliphatic rings. The van der Waals surface area contributed by atoms with Crippen molar-refractivity contribution in [1.82, 2.24) is 19.4 Å². The number of imidazole rings is 1. The highest BCUT2D eigenvalue weighted by Gasteiger charge is 2.27. The highest BCUT2D eigenvalue weighted by Crippen LogP contribution is 2.33. The summed E-state index contributed by atoms with van der Waals surface area (Å²) in [6, 6.07) is 4.78. The molecule has 0 aromatic carbocycles. The molecule has 0 bridgehead atoms. The predicted molar refractivity (Wildman–Crippen MR) is 88.7 cm³/mol. The molecule has 2 aromatic heterocycles. The first-order valence-corrected chi connectivity index (χ1v) is 8.19. The number of rotatable bonds is 6. The molecule has 0 radical (unpaired) electrons. The summed E-state index contributed by atoms with van der Waals surface area (Å²) >= 11 is 0. The number of nitrogens with one attached hydrogen (secondary N) is 1. The molecule has 0 spiro atoms. The molecule has 118 valence electrons. The van der Waals surface area contributed by atoms with Gasteiger partial charge in [0, 0.05) is 38.2 Å². The molecule has 1 atom stereocenters. The van der Waals surface area contributed by atoms with Crippen LogP contribution in [0.15, 0.2) is 30.7 Å². The molecule has 1 aliphatic heterocycles. The van der Waals surface area contributed by atoms with E-state index in [1.807, 2.05) is 19.4 Å². The van der Waals surface area contributed by atoms with E-state index in [9.17, 15) is 0 Å². The van der Waals surface area contributed by atoms with Crippen molar-refractivity contribution in [2.45, 2.75) is 45.3 Å².